The average molecular weight is 397 g/mol. The highest BCUT2D eigenvalue weighted by molar-refractivity contribution is 5.97. The van der Waals surface area contributed by atoms with E-state index in [1.165, 1.54) is 0 Å². The van der Waals surface area contributed by atoms with Crippen molar-refractivity contribution < 1.29 is 9.53 Å². The molecule has 4 rings (SSSR count). The summed E-state index contributed by atoms with van der Waals surface area (Å²) < 4.78 is 5.99. The van der Waals surface area contributed by atoms with Gasteiger partial charge in [-0.3, -0.25) is 4.79 Å². The lowest BCUT2D eigenvalue weighted by Crippen LogP contribution is -2.42. The summed E-state index contributed by atoms with van der Waals surface area (Å²) in [5.41, 5.74) is 1.79. The molecule has 0 radical (unpaired) electrons. The summed E-state index contributed by atoms with van der Waals surface area (Å²) in [6.45, 7) is 1.11. The Morgan fingerprint density at radius 1 is 1.07 bits per heavy atom. The molecule has 150 valence electrons. The smallest absolute Gasteiger partial charge is 0.264 e. The number of nitrogens with zero attached hydrogens (tertiary/aromatic N) is 3. The van der Waals surface area contributed by atoms with Crippen molar-refractivity contribution in [1.82, 2.24) is 4.90 Å². The molecular weight excluding hydrogens is 374 g/mol. The van der Waals surface area contributed by atoms with Gasteiger partial charge in [0.1, 0.15) is 23.5 Å². The molecule has 0 unspecified atom stereocenters. The van der Waals surface area contributed by atoms with Crippen molar-refractivity contribution in [3.63, 3.8) is 0 Å². The van der Waals surface area contributed by atoms with Gasteiger partial charge in [0.15, 0.2) is 0 Å². The molecule has 1 aliphatic carbocycles. The van der Waals surface area contributed by atoms with Gasteiger partial charge in [-0.05, 0) is 36.6 Å². The van der Waals surface area contributed by atoms with Gasteiger partial charge in [-0.2, -0.15) is 10.5 Å². The second-order valence-electron chi connectivity index (χ2n) is 7.94. The summed E-state index contributed by atoms with van der Waals surface area (Å²) in [4.78, 5) is 14.7. The first-order valence-corrected chi connectivity index (χ1v) is 10.3. The molecule has 2 aliphatic rings. The maximum absolute atomic E-state index is 13.0. The molecule has 0 atom stereocenters. The van der Waals surface area contributed by atoms with Gasteiger partial charge in [0, 0.05) is 31.3 Å². The predicted octanol–water partition coefficient (Wildman–Crippen LogP) is 4.11. The Labute approximate surface area is 176 Å². The first-order valence-electron chi connectivity index (χ1n) is 10.3. The van der Waals surface area contributed by atoms with Crippen molar-refractivity contribution in [2.24, 2.45) is 0 Å². The fourth-order valence-corrected chi connectivity index (χ4v) is 4.02. The van der Waals surface area contributed by atoms with Crippen LogP contribution in [0.15, 0.2) is 66.2 Å². The lowest BCUT2D eigenvalue weighted by molar-refractivity contribution is -0.128. The van der Waals surface area contributed by atoms with E-state index in [-0.39, 0.29) is 23.0 Å². The summed E-state index contributed by atoms with van der Waals surface area (Å²) in [7, 11) is 0. The molecule has 0 N–H and O–H groups in total. The first kappa shape index (κ1) is 19.7. The number of amides is 1. The van der Waals surface area contributed by atoms with Gasteiger partial charge < -0.3 is 9.64 Å². The highest BCUT2D eigenvalue weighted by atomic mass is 16.5. The van der Waals surface area contributed by atoms with Crippen molar-refractivity contribution in [1.29, 1.82) is 10.5 Å². The van der Waals surface area contributed by atoms with E-state index in [1.54, 1.807) is 23.1 Å². The number of carbonyl (C=O) groups is 1. The molecule has 2 aromatic rings. The van der Waals surface area contributed by atoms with Gasteiger partial charge in [0.05, 0.1) is 11.6 Å². The van der Waals surface area contributed by atoms with E-state index in [4.69, 9.17) is 10.00 Å². The Morgan fingerprint density at radius 2 is 1.80 bits per heavy atom. The second-order valence-corrected chi connectivity index (χ2v) is 7.94. The van der Waals surface area contributed by atoms with Crippen LogP contribution in [0.25, 0.3) is 0 Å². The zero-order chi connectivity index (χ0) is 21.0. The third-order valence-electron chi connectivity index (χ3n) is 5.90. The summed E-state index contributed by atoms with van der Waals surface area (Å²) in [6, 6.07) is 21.5. The maximum Gasteiger partial charge on any atom is 0.264 e. The van der Waals surface area contributed by atoms with Crippen molar-refractivity contribution in [3.8, 4) is 17.9 Å². The van der Waals surface area contributed by atoms with Crippen LogP contribution in [-0.4, -0.2) is 30.0 Å². The topological polar surface area (TPSA) is 77.1 Å². The Kier molecular flexibility index (Phi) is 5.55. The van der Waals surface area contributed by atoms with E-state index in [9.17, 15) is 10.1 Å². The summed E-state index contributed by atoms with van der Waals surface area (Å²) in [6.07, 6.45) is 5.20. The van der Waals surface area contributed by atoms with E-state index in [2.05, 4.69) is 24.3 Å². The van der Waals surface area contributed by atoms with Crippen LogP contribution >= 0.6 is 0 Å². The Bertz CT molecular complexity index is 1030. The fourth-order valence-electron chi connectivity index (χ4n) is 4.02. The molecule has 0 aromatic heterocycles. The molecule has 1 saturated carbocycles. The zero-order valence-electron chi connectivity index (χ0n) is 16.8. The number of benzene rings is 2. The third-order valence-corrected chi connectivity index (χ3v) is 5.90. The zero-order valence-corrected chi connectivity index (χ0v) is 16.8. The number of hydrogen-bond donors (Lipinski definition) is 0. The van der Waals surface area contributed by atoms with Gasteiger partial charge in [-0.25, -0.2) is 0 Å². The van der Waals surface area contributed by atoms with E-state index in [1.807, 2.05) is 30.3 Å². The number of piperidine rings is 1. The minimum absolute atomic E-state index is 0.00315. The van der Waals surface area contributed by atoms with Crippen LogP contribution < -0.4 is 4.74 Å². The molecule has 5 heteroatoms. The SMILES string of the molecule is N#C/C(=C\C1(c2ccccc2)CC1)C(=O)N1CCC(Oc2cccc(C#N)c2)CC1. The second kappa shape index (κ2) is 8.43. The monoisotopic (exact) mass is 397 g/mol. The number of nitriles is 2. The molecule has 1 saturated heterocycles. The number of allylic oxidation sites excluding steroid dienone is 1. The van der Waals surface area contributed by atoms with Crippen molar-refractivity contribution in [2.45, 2.75) is 37.2 Å². The molecule has 1 amide bonds. The molecule has 2 fully saturated rings. The normalized spacial score (nSPS) is 18.2. The summed E-state index contributed by atoms with van der Waals surface area (Å²) in [5.74, 6) is 0.486. The van der Waals surface area contributed by atoms with Crippen LogP contribution in [0, 0.1) is 22.7 Å². The van der Waals surface area contributed by atoms with Crippen molar-refractivity contribution in [2.75, 3.05) is 13.1 Å². The summed E-state index contributed by atoms with van der Waals surface area (Å²) >= 11 is 0. The highest BCUT2D eigenvalue weighted by Crippen LogP contribution is 2.50. The van der Waals surface area contributed by atoms with Crippen LogP contribution in [0.2, 0.25) is 0 Å². The van der Waals surface area contributed by atoms with Crippen LogP contribution in [0.1, 0.15) is 36.8 Å². The average Bonchev–Trinajstić information content (AvgIpc) is 3.59. The number of ether oxygens (including phenoxy) is 1. The molecule has 2 aromatic carbocycles. The minimum atomic E-state index is -0.190. The minimum Gasteiger partial charge on any atom is -0.490 e. The molecular formula is C25H23N3O2. The van der Waals surface area contributed by atoms with Crippen LogP contribution in [0.5, 0.6) is 5.75 Å². The predicted molar refractivity (Wildman–Crippen MR) is 112 cm³/mol. The van der Waals surface area contributed by atoms with E-state index >= 15 is 0 Å². The number of hydrogen-bond acceptors (Lipinski definition) is 4. The lowest BCUT2D eigenvalue weighted by Gasteiger charge is -2.32. The van der Waals surface area contributed by atoms with Crippen LogP contribution in [-0.2, 0) is 10.2 Å². The van der Waals surface area contributed by atoms with Gasteiger partial charge in [-0.15, -0.1) is 0 Å². The fraction of sp³-hybridized carbons (Fsp3) is 0.320. The summed E-state index contributed by atoms with van der Waals surface area (Å²) in [5, 5.41) is 18.7. The van der Waals surface area contributed by atoms with Gasteiger partial charge in [0.2, 0.25) is 0 Å². The van der Waals surface area contributed by atoms with E-state index in [0.717, 1.165) is 18.4 Å². The lowest BCUT2D eigenvalue weighted by atomic mass is 9.93. The largest absolute Gasteiger partial charge is 0.490 e. The van der Waals surface area contributed by atoms with Gasteiger partial charge in [0.25, 0.3) is 5.91 Å². The van der Waals surface area contributed by atoms with Gasteiger partial charge >= 0.3 is 0 Å². The molecule has 30 heavy (non-hydrogen) atoms. The Morgan fingerprint density at radius 3 is 2.43 bits per heavy atom. The Balaban J connectivity index is 1.39. The van der Waals surface area contributed by atoms with Crippen molar-refractivity contribution >= 4 is 5.91 Å². The molecule has 0 spiro atoms. The molecule has 1 heterocycles. The van der Waals surface area contributed by atoms with Gasteiger partial charge in [-0.1, -0.05) is 42.5 Å². The molecule has 1 aliphatic heterocycles. The standard InChI is InChI=1S/C25H23N3O2/c26-17-19-5-4-8-23(15-19)30-22-9-13-28(14-10-22)24(29)20(18-27)16-25(11-12-25)21-6-2-1-3-7-21/h1-8,15-16,22H,9-14H2/b20-16+. The van der Waals surface area contributed by atoms with Crippen LogP contribution in [0.4, 0.5) is 0 Å². The molecule has 5 nitrogen and oxygen atoms in total. The maximum atomic E-state index is 13.0. The first-order chi connectivity index (χ1) is 14.6. The Hall–Kier alpha value is -3.57. The van der Waals surface area contributed by atoms with E-state index < -0.39 is 0 Å². The molecule has 0 bridgehead atoms. The third kappa shape index (κ3) is 4.21. The number of rotatable bonds is 5. The van der Waals surface area contributed by atoms with Crippen molar-refractivity contribution in [3.05, 3.63) is 77.4 Å². The van der Waals surface area contributed by atoms with E-state index in [0.29, 0.717) is 37.2 Å². The quantitative estimate of drug-likeness (QED) is 0.562. The number of carbonyl (C=O) groups excluding carboxylic acids is 1. The highest BCUT2D eigenvalue weighted by Gasteiger charge is 2.43. The number of likely N-dealkylation sites (tertiary alicyclic amines) is 1. The van der Waals surface area contributed by atoms with Crippen LogP contribution in [0.3, 0.4) is 0 Å².